The highest BCUT2D eigenvalue weighted by atomic mass is 79.9. The molecule has 0 fully saturated rings. The van der Waals surface area contributed by atoms with Gasteiger partial charge in [-0.15, -0.1) is 0 Å². The average Bonchev–Trinajstić information content (AvgIpc) is 2.88. The fourth-order valence-corrected chi connectivity index (χ4v) is 2.30. The molecule has 0 aliphatic carbocycles. The summed E-state index contributed by atoms with van der Waals surface area (Å²) in [4.78, 5) is 12.4. The summed E-state index contributed by atoms with van der Waals surface area (Å²) >= 11 is 3.42. The summed E-state index contributed by atoms with van der Waals surface area (Å²) < 4.78 is 6.22. The van der Waals surface area contributed by atoms with E-state index in [2.05, 4.69) is 36.0 Å². The minimum absolute atomic E-state index is 0.257. The van der Waals surface area contributed by atoms with Crippen molar-refractivity contribution in [2.45, 2.75) is 6.92 Å². The number of benzene rings is 1. The first-order valence-electron chi connectivity index (χ1n) is 5.82. The van der Waals surface area contributed by atoms with E-state index < -0.39 is 0 Å². The molecule has 0 unspecified atom stereocenters. The van der Waals surface area contributed by atoms with Crippen LogP contribution in [0.15, 0.2) is 39.6 Å². The number of nitrogens with two attached hydrogens (primary N) is 1. The van der Waals surface area contributed by atoms with Gasteiger partial charge in [-0.2, -0.15) is 4.98 Å². The van der Waals surface area contributed by atoms with E-state index in [0.29, 0.717) is 11.5 Å². The van der Waals surface area contributed by atoms with Gasteiger partial charge in [-0.05, 0) is 30.7 Å². The Morgan fingerprint density at radius 1 is 1.20 bits per heavy atom. The number of nitrogen functional groups attached to an aromatic ring is 1. The van der Waals surface area contributed by atoms with E-state index in [1.807, 2.05) is 25.1 Å². The van der Waals surface area contributed by atoms with Crippen molar-refractivity contribution in [1.29, 1.82) is 0 Å². The van der Waals surface area contributed by atoms with Gasteiger partial charge in [-0.25, -0.2) is 9.97 Å². The fraction of sp³-hybridized carbons (Fsp3) is 0.0769. The van der Waals surface area contributed by atoms with Gasteiger partial charge in [-0.1, -0.05) is 21.1 Å². The topological polar surface area (TPSA) is 90.7 Å². The molecule has 0 aliphatic heterocycles. The zero-order valence-electron chi connectivity index (χ0n) is 10.5. The molecule has 20 heavy (non-hydrogen) atoms. The lowest BCUT2D eigenvalue weighted by molar-refractivity contribution is 0.431. The van der Waals surface area contributed by atoms with E-state index in [0.717, 1.165) is 15.6 Å². The standard InChI is InChI=1S/C13H10BrN5O/c1-7-6-8(14)2-3-9(7)12-18-13(20-19-12)10-11(15)17-5-4-16-10/h2-6H,1H3,(H2,15,17). The van der Waals surface area contributed by atoms with Gasteiger partial charge < -0.3 is 10.3 Å². The predicted octanol–water partition coefficient (Wildman–Crippen LogP) is 2.85. The second-order valence-electron chi connectivity index (χ2n) is 4.17. The normalized spacial score (nSPS) is 10.7. The molecule has 0 radical (unpaired) electrons. The summed E-state index contributed by atoms with van der Waals surface area (Å²) in [6, 6.07) is 5.84. The highest BCUT2D eigenvalue weighted by molar-refractivity contribution is 9.10. The first-order chi connectivity index (χ1) is 9.65. The number of aromatic nitrogens is 4. The molecule has 6 nitrogen and oxygen atoms in total. The van der Waals surface area contributed by atoms with Crippen LogP contribution in [0.5, 0.6) is 0 Å². The van der Waals surface area contributed by atoms with Gasteiger partial charge in [0.05, 0.1) is 0 Å². The van der Waals surface area contributed by atoms with E-state index in [1.54, 1.807) is 0 Å². The third-order valence-electron chi connectivity index (χ3n) is 2.78. The summed E-state index contributed by atoms with van der Waals surface area (Å²) in [5, 5.41) is 3.97. The Kier molecular flexibility index (Phi) is 3.19. The molecule has 3 aromatic rings. The molecule has 0 saturated carbocycles. The molecule has 0 saturated heterocycles. The van der Waals surface area contributed by atoms with Crippen molar-refractivity contribution < 1.29 is 4.52 Å². The van der Waals surface area contributed by atoms with Crippen LogP contribution in [0, 0.1) is 6.92 Å². The Morgan fingerprint density at radius 2 is 2.00 bits per heavy atom. The summed E-state index contributed by atoms with van der Waals surface area (Å²) in [6.07, 6.45) is 3.04. The van der Waals surface area contributed by atoms with Gasteiger partial charge in [-0.3, -0.25) is 0 Å². The minimum atomic E-state index is 0.257. The molecular weight excluding hydrogens is 322 g/mol. The van der Waals surface area contributed by atoms with Crippen LogP contribution in [0.25, 0.3) is 23.0 Å². The van der Waals surface area contributed by atoms with Crippen LogP contribution in [-0.4, -0.2) is 20.1 Å². The zero-order chi connectivity index (χ0) is 14.1. The van der Waals surface area contributed by atoms with Crippen LogP contribution < -0.4 is 5.73 Å². The maximum Gasteiger partial charge on any atom is 0.280 e. The number of rotatable bonds is 2. The molecule has 100 valence electrons. The van der Waals surface area contributed by atoms with Crippen molar-refractivity contribution in [3.63, 3.8) is 0 Å². The quantitative estimate of drug-likeness (QED) is 0.776. The Labute approximate surface area is 123 Å². The number of halogens is 1. The first kappa shape index (κ1) is 12.7. The average molecular weight is 332 g/mol. The van der Waals surface area contributed by atoms with Crippen LogP contribution in [0.4, 0.5) is 5.82 Å². The second-order valence-corrected chi connectivity index (χ2v) is 5.09. The van der Waals surface area contributed by atoms with Crippen LogP contribution >= 0.6 is 15.9 Å². The molecule has 0 atom stereocenters. The van der Waals surface area contributed by atoms with E-state index >= 15 is 0 Å². The van der Waals surface area contributed by atoms with Crippen molar-refractivity contribution >= 4 is 21.7 Å². The van der Waals surface area contributed by atoms with Gasteiger partial charge in [0.25, 0.3) is 5.89 Å². The third kappa shape index (κ3) is 2.27. The lowest BCUT2D eigenvalue weighted by Gasteiger charge is -2.00. The number of hydrogen-bond donors (Lipinski definition) is 1. The molecule has 0 aliphatic rings. The lowest BCUT2D eigenvalue weighted by atomic mass is 10.1. The number of aryl methyl sites for hydroxylation is 1. The van der Waals surface area contributed by atoms with Crippen LogP contribution in [-0.2, 0) is 0 Å². The Hall–Kier alpha value is -2.28. The van der Waals surface area contributed by atoms with E-state index in [9.17, 15) is 0 Å². The van der Waals surface area contributed by atoms with Crippen LogP contribution in [0.2, 0.25) is 0 Å². The van der Waals surface area contributed by atoms with Gasteiger partial charge >= 0.3 is 0 Å². The Bertz CT molecular complexity index is 771. The molecule has 7 heteroatoms. The van der Waals surface area contributed by atoms with Gasteiger partial charge in [0.15, 0.2) is 11.5 Å². The van der Waals surface area contributed by atoms with Crippen molar-refractivity contribution in [3.05, 3.63) is 40.6 Å². The van der Waals surface area contributed by atoms with Crippen molar-refractivity contribution in [3.8, 4) is 23.0 Å². The minimum Gasteiger partial charge on any atom is -0.382 e. The monoisotopic (exact) mass is 331 g/mol. The summed E-state index contributed by atoms with van der Waals surface area (Å²) in [7, 11) is 0. The maximum atomic E-state index is 5.74. The van der Waals surface area contributed by atoms with Gasteiger partial charge in [0.2, 0.25) is 5.82 Å². The highest BCUT2D eigenvalue weighted by Crippen LogP contribution is 2.27. The zero-order valence-corrected chi connectivity index (χ0v) is 12.1. The Balaban J connectivity index is 2.04. The van der Waals surface area contributed by atoms with Crippen molar-refractivity contribution in [2.24, 2.45) is 0 Å². The number of nitrogens with zero attached hydrogens (tertiary/aromatic N) is 4. The molecule has 1 aromatic carbocycles. The second kappa shape index (κ2) is 5.01. The van der Waals surface area contributed by atoms with E-state index in [1.165, 1.54) is 12.4 Å². The highest BCUT2D eigenvalue weighted by Gasteiger charge is 2.15. The predicted molar refractivity (Wildman–Crippen MR) is 77.6 cm³/mol. The van der Waals surface area contributed by atoms with E-state index in [-0.39, 0.29) is 11.7 Å². The van der Waals surface area contributed by atoms with Crippen molar-refractivity contribution in [2.75, 3.05) is 5.73 Å². The molecule has 2 heterocycles. The molecular formula is C13H10BrN5O. The smallest absolute Gasteiger partial charge is 0.280 e. The summed E-state index contributed by atoms with van der Waals surface area (Å²) in [6.45, 7) is 1.98. The van der Waals surface area contributed by atoms with Crippen LogP contribution in [0.1, 0.15) is 5.56 Å². The van der Waals surface area contributed by atoms with Gasteiger partial charge in [0, 0.05) is 22.4 Å². The van der Waals surface area contributed by atoms with E-state index in [4.69, 9.17) is 10.3 Å². The molecule has 3 rings (SSSR count). The Morgan fingerprint density at radius 3 is 2.75 bits per heavy atom. The third-order valence-corrected chi connectivity index (χ3v) is 3.28. The maximum absolute atomic E-state index is 5.74. The summed E-state index contributed by atoms with van der Waals surface area (Å²) in [5.74, 6) is 1.01. The SMILES string of the molecule is Cc1cc(Br)ccc1-c1noc(-c2nccnc2N)n1. The first-order valence-corrected chi connectivity index (χ1v) is 6.61. The van der Waals surface area contributed by atoms with Gasteiger partial charge in [0.1, 0.15) is 0 Å². The fourth-order valence-electron chi connectivity index (χ4n) is 1.82. The lowest BCUT2D eigenvalue weighted by Crippen LogP contribution is -1.96. The van der Waals surface area contributed by atoms with Crippen molar-refractivity contribution in [1.82, 2.24) is 20.1 Å². The van der Waals surface area contributed by atoms with Crippen LogP contribution in [0.3, 0.4) is 0 Å². The molecule has 0 amide bonds. The number of hydrogen-bond acceptors (Lipinski definition) is 6. The number of anilines is 1. The molecule has 2 aromatic heterocycles. The molecule has 0 spiro atoms. The largest absolute Gasteiger partial charge is 0.382 e. The molecule has 0 bridgehead atoms. The summed E-state index contributed by atoms with van der Waals surface area (Å²) in [5.41, 5.74) is 8.07. The molecule has 2 N–H and O–H groups in total.